The lowest BCUT2D eigenvalue weighted by atomic mass is 9.67. The van der Waals surface area contributed by atoms with Crippen LogP contribution in [0.25, 0.3) is 0 Å². The molecule has 1 N–H and O–H groups in total. The van der Waals surface area contributed by atoms with Crippen LogP contribution in [-0.2, 0) is 4.79 Å². The van der Waals surface area contributed by atoms with Crippen LogP contribution in [0.4, 0.5) is 17.6 Å². The number of amides is 1. The highest BCUT2D eigenvalue weighted by molar-refractivity contribution is 5.83. The van der Waals surface area contributed by atoms with Crippen molar-refractivity contribution in [2.75, 3.05) is 6.54 Å². The van der Waals surface area contributed by atoms with E-state index >= 15 is 0 Å². The van der Waals surface area contributed by atoms with Gasteiger partial charge in [-0.25, -0.2) is 8.78 Å². The predicted octanol–water partition coefficient (Wildman–Crippen LogP) is 2.58. The van der Waals surface area contributed by atoms with Crippen molar-refractivity contribution in [3.8, 4) is 0 Å². The van der Waals surface area contributed by atoms with Gasteiger partial charge in [0.15, 0.2) is 0 Å². The van der Waals surface area contributed by atoms with E-state index in [9.17, 15) is 22.4 Å². The number of rotatable bonds is 5. The van der Waals surface area contributed by atoms with Crippen molar-refractivity contribution in [3.63, 3.8) is 0 Å². The van der Waals surface area contributed by atoms with Gasteiger partial charge in [-0.1, -0.05) is 13.3 Å². The summed E-state index contributed by atoms with van der Waals surface area (Å²) in [5.74, 6) is -6.46. The van der Waals surface area contributed by atoms with Crippen LogP contribution in [0.3, 0.4) is 0 Å². The van der Waals surface area contributed by atoms with Crippen LogP contribution in [0.2, 0.25) is 0 Å². The summed E-state index contributed by atoms with van der Waals surface area (Å²) in [7, 11) is 0. The lowest BCUT2D eigenvalue weighted by Crippen LogP contribution is -2.50. The first kappa shape index (κ1) is 13.3. The summed E-state index contributed by atoms with van der Waals surface area (Å²) >= 11 is 0. The molecule has 0 aromatic carbocycles. The van der Waals surface area contributed by atoms with Gasteiger partial charge in [0.05, 0.1) is 0 Å². The molecular weight excluding hydrogens is 226 g/mol. The quantitative estimate of drug-likeness (QED) is 0.736. The normalized spacial score (nSPS) is 19.4. The lowest BCUT2D eigenvalue weighted by Gasteiger charge is -2.41. The van der Waals surface area contributed by atoms with Gasteiger partial charge in [-0.3, -0.25) is 4.79 Å². The molecule has 2 nitrogen and oxygen atoms in total. The third-order valence-corrected chi connectivity index (χ3v) is 3.36. The van der Waals surface area contributed by atoms with E-state index in [1.54, 1.807) is 0 Å². The highest BCUT2D eigenvalue weighted by Crippen LogP contribution is 2.43. The third-order valence-electron chi connectivity index (χ3n) is 3.36. The van der Waals surface area contributed by atoms with E-state index in [0.29, 0.717) is 0 Å². The Kier molecular flexibility index (Phi) is 3.80. The molecule has 0 saturated heterocycles. The summed E-state index contributed by atoms with van der Waals surface area (Å²) in [6.45, 7) is 1.96. The molecule has 0 bridgehead atoms. The lowest BCUT2D eigenvalue weighted by molar-refractivity contribution is -0.170. The van der Waals surface area contributed by atoms with E-state index in [0.717, 1.165) is 25.7 Å². The maximum Gasteiger partial charge on any atom is 0.383 e. The Morgan fingerprint density at radius 3 is 2.31 bits per heavy atom. The average Bonchev–Trinajstić information content (AvgIpc) is 2.16. The van der Waals surface area contributed by atoms with E-state index < -0.39 is 18.3 Å². The Morgan fingerprint density at radius 2 is 2.00 bits per heavy atom. The Morgan fingerprint density at radius 1 is 1.44 bits per heavy atom. The Hall–Kier alpha value is -0.810. The van der Waals surface area contributed by atoms with Crippen molar-refractivity contribution in [2.45, 2.75) is 45.0 Å². The fourth-order valence-electron chi connectivity index (χ4n) is 1.82. The Labute approximate surface area is 91.4 Å². The molecule has 0 aliphatic heterocycles. The smallest absolute Gasteiger partial charge is 0.350 e. The number of hydrogen-bond donors (Lipinski definition) is 1. The van der Waals surface area contributed by atoms with Gasteiger partial charge in [-0.2, -0.15) is 8.78 Å². The fourth-order valence-corrected chi connectivity index (χ4v) is 1.82. The van der Waals surface area contributed by atoms with Crippen molar-refractivity contribution in [1.29, 1.82) is 0 Å². The summed E-state index contributed by atoms with van der Waals surface area (Å²) in [4.78, 5) is 10.9. The number of alkyl halides is 4. The van der Waals surface area contributed by atoms with Crippen molar-refractivity contribution < 1.29 is 22.4 Å². The van der Waals surface area contributed by atoms with Crippen LogP contribution in [0.1, 0.15) is 32.6 Å². The van der Waals surface area contributed by atoms with Gasteiger partial charge in [0, 0.05) is 6.54 Å². The second kappa shape index (κ2) is 4.59. The van der Waals surface area contributed by atoms with Crippen molar-refractivity contribution in [2.24, 2.45) is 5.41 Å². The van der Waals surface area contributed by atoms with E-state index in [-0.39, 0.29) is 12.0 Å². The van der Waals surface area contributed by atoms with Crippen LogP contribution < -0.4 is 5.32 Å². The van der Waals surface area contributed by atoms with Gasteiger partial charge < -0.3 is 5.32 Å². The Balaban J connectivity index is 2.46. The molecule has 1 amide bonds. The largest absolute Gasteiger partial charge is 0.383 e. The summed E-state index contributed by atoms with van der Waals surface area (Å²) in [5.41, 5.74) is -0.159. The SMILES string of the molecule is CCC1(CNC(=O)C(F)(F)C(F)F)CCC1. The standard InChI is InChI=1S/C10H15F4NO/c1-2-9(4-3-5-9)6-15-8(16)10(13,14)7(11)12/h7H,2-6H2,1H3,(H,15,16). The molecule has 0 heterocycles. The number of carbonyl (C=O) groups is 1. The van der Waals surface area contributed by atoms with E-state index in [1.807, 2.05) is 12.2 Å². The number of hydrogen-bond acceptors (Lipinski definition) is 1. The molecule has 1 aliphatic rings. The molecule has 0 atom stereocenters. The first-order valence-electron chi connectivity index (χ1n) is 5.28. The monoisotopic (exact) mass is 241 g/mol. The minimum absolute atomic E-state index is 0.0602. The van der Waals surface area contributed by atoms with Gasteiger partial charge in [-0.15, -0.1) is 0 Å². The summed E-state index contributed by atoms with van der Waals surface area (Å²) < 4.78 is 48.9. The Bertz CT molecular complexity index is 258. The first-order valence-corrected chi connectivity index (χ1v) is 5.28. The van der Waals surface area contributed by atoms with Crippen molar-refractivity contribution in [1.82, 2.24) is 5.32 Å². The number of carbonyl (C=O) groups excluding carboxylic acids is 1. The van der Waals surface area contributed by atoms with Crippen molar-refractivity contribution >= 4 is 5.91 Å². The van der Waals surface area contributed by atoms with Crippen LogP contribution in [0, 0.1) is 5.41 Å². The van der Waals surface area contributed by atoms with Crippen LogP contribution in [0.5, 0.6) is 0 Å². The van der Waals surface area contributed by atoms with E-state index in [1.165, 1.54) is 0 Å². The zero-order valence-electron chi connectivity index (χ0n) is 9.03. The minimum Gasteiger partial charge on any atom is -0.350 e. The van der Waals surface area contributed by atoms with Crippen molar-refractivity contribution in [3.05, 3.63) is 0 Å². The topological polar surface area (TPSA) is 29.1 Å². The van der Waals surface area contributed by atoms with Gasteiger partial charge >= 0.3 is 12.3 Å². The second-order valence-corrected chi connectivity index (χ2v) is 4.31. The first-order chi connectivity index (χ1) is 7.34. The molecule has 0 unspecified atom stereocenters. The maximum atomic E-state index is 12.6. The number of halogens is 4. The maximum absolute atomic E-state index is 12.6. The molecule has 0 aromatic heterocycles. The minimum atomic E-state index is -4.58. The molecule has 1 saturated carbocycles. The van der Waals surface area contributed by atoms with E-state index in [4.69, 9.17) is 0 Å². The fraction of sp³-hybridized carbons (Fsp3) is 0.900. The molecule has 1 aliphatic carbocycles. The number of nitrogens with one attached hydrogen (secondary N) is 1. The molecule has 0 aromatic rings. The van der Waals surface area contributed by atoms with E-state index in [2.05, 4.69) is 0 Å². The molecule has 1 rings (SSSR count). The highest BCUT2D eigenvalue weighted by atomic mass is 19.3. The van der Waals surface area contributed by atoms with Crippen LogP contribution >= 0.6 is 0 Å². The third kappa shape index (κ3) is 2.47. The molecule has 1 fully saturated rings. The van der Waals surface area contributed by atoms with Gasteiger partial charge in [-0.05, 0) is 24.7 Å². The molecule has 94 valence electrons. The molecule has 0 spiro atoms. The molecule has 6 heteroatoms. The zero-order chi connectivity index (χ0) is 12.4. The van der Waals surface area contributed by atoms with Gasteiger partial charge in [0.2, 0.25) is 0 Å². The summed E-state index contributed by atoms with van der Waals surface area (Å²) in [6, 6.07) is 0. The highest BCUT2D eigenvalue weighted by Gasteiger charge is 2.49. The zero-order valence-corrected chi connectivity index (χ0v) is 9.03. The summed E-state index contributed by atoms with van der Waals surface area (Å²) in [6.07, 6.45) is -0.497. The van der Waals surface area contributed by atoms with Gasteiger partial charge in [0.25, 0.3) is 5.91 Å². The van der Waals surface area contributed by atoms with Crippen LogP contribution in [0.15, 0.2) is 0 Å². The molecular formula is C10H15F4NO. The average molecular weight is 241 g/mol. The van der Waals surface area contributed by atoms with Crippen LogP contribution in [-0.4, -0.2) is 24.8 Å². The predicted molar refractivity (Wildman–Crippen MR) is 50.5 cm³/mol. The van der Waals surface area contributed by atoms with Gasteiger partial charge in [0.1, 0.15) is 0 Å². The molecule has 0 radical (unpaired) electrons. The second-order valence-electron chi connectivity index (χ2n) is 4.31. The summed E-state index contributed by atoms with van der Waals surface area (Å²) in [5, 5.41) is 1.93. The molecule has 16 heavy (non-hydrogen) atoms.